The van der Waals surface area contributed by atoms with Gasteiger partial charge in [0.15, 0.2) is 17.3 Å². The number of fused-ring (bicyclic) bond motifs is 5. The van der Waals surface area contributed by atoms with Gasteiger partial charge in [-0.05, 0) is 48.5 Å². The molecule has 6 heteroatoms. The predicted molar refractivity (Wildman–Crippen MR) is 154 cm³/mol. The number of hydrogen-bond donors (Lipinski definition) is 0. The van der Waals surface area contributed by atoms with Crippen LogP contribution in [0.25, 0.3) is 33.3 Å². The molecule has 3 aromatic heterocycles. The van der Waals surface area contributed by atoms with Crippen LogP contribution in [0.2, 0.25) is 0 Å². The van der Waals surface area contributed by atoms with Crippen LogP contribution in [0.4, 0.5) is 17.2 Å². The molecule has 186 valence electrons. The van der Waals surface area contributed by atoms with Gasteiger partial charge in [0.1, 0.15) is 12.4 Å². The van der Waals surface area contributed by atoms with Crippen molar-refractivity contribution in [1.29, 1.82) is 0 Å². The van der Waals surface area contributed by atoms with Gasteiger partial charge in [-0.1, -0.05) is 54.6 Å². The molecular weight excluding hydrogens is 482 g/mol. The highest BCUT2D eigenvalue weighted by Crippen LogP contribution is 2.50. The van der Waals surface area contributed by atoms with E-state index in [0.29, 0.717) is 0 Å². The van der Waals surface area contributed by atoms with Gasteiger partial charge < -0.3 is 9.30 Å². The third-order valence-corrected chi connectivity index (χ3v) is 7.33. The zero-order valence-electron chi connectivity index (χ0n) is 21.3. The fourth-order valence-electron chi connectivity index (χ4n) is 5.57. The third-order valence-electron chi connectivity index (χ3n) is 7.33. The summed E-state index contributed by atoms with van der Waals surface area (Å²) in [5.74, 6) is 3.10. The van der Waals surface area contributed by atoms with Crippen molar-refractivity contribution in [3.8, 4) is 23.0 Å². The molecular formula is C33H24N5O+. The van der Waals surface area contributed by atoms with E-state index in [-0.39, 0.29) is 0 Å². The third kappa shape index (κ3) is 3.35. The van der Waals surface area contributed by atoms with E-state index in [4.69, 9.17) is 9.72 Å². The van der Waals surface area contributed by atoms with E-state index in [1.54, 1.807) is 0 Å². The van der Waals surface area contributed by atoms with Crippen LogP contribution >= 0.6 is 0 Å². The van der Waals surface area contributed by atoms with E-state index in [9.17, 15) is 0 Å². The van der Waals surface area contributed by atoms with Crippen molar-refractivity contribution in [2.45, 2.75) is 0 Å². The molecule has 0 saturated heterocycles. The number of para-hydroxylation sites is 4. The first-order valence-electron chi connectivity index (χ1n) is 12.9. The van der Waals surface area contributed by atoms with Crippen molar-refractivity contribution in [2.75, 3.05) is 4.90 Å². The Balaban J connectivity index is 1.39. The Hall–Kier alpha value is -5.36. The van der Waals surface area contributed by atoms with Crippen molar-refractivity contribution >= 4 is 39.0 Å². The molecule has 0 radical (unpaired) electrons. The summed E-state index contributed by atoms with van der Waals surface area (Å²) in [7, 11) is 2.00. The summed E-state index contributed by atoms with van der Waals surface area (Å²) in [5, 5.41) is 2.44. The number of benzene rings is 4. The Morgan fingerprint density at radius 3 is 2.36 bits per heavy atom. The molecule has 0 spiro atoms. The number of nitrogens with zero attached hydrogens (tertiary/aromatic N) is 5. The normalized spacial score (nSPS) is 12.4. The number of aryl methyl sites for hydroxylation is 1. The highest BCUT2D eigenvalue weighted by molar-refractivity contribution is 6.10. The molecule has 1 aliphatic heterocycles. The van der Waals surface area contributed by atoms with Gasteiger partial charge in [0, 0.05) is 22.5 Å². The molecule has 0 aliphatic carbocycles. The second kappa shape index (κ2) is 8.33. The highest BCUT2D eigenvalue weighted by Gasteiger charge is 2.29. The Morgan fingerprint density at radius 1 is 0.692 bits per heavy atom. The molecule has 0 bridgehead atoms. The second-order valence-corrected chi connectivity index (χ2v) is 9.77. The molecule has 0 unspecified atom stereocenters. The van der Waals surface area contributed by atoms with Crippen molar-refractivity contribution in [3.63, 3.8) is 0 Å². The lowest BCUT2D eigenvalue weighted by molar-refractivity contribution is -0.670. The zero-order valence-corrected chi connectivity index (χ0v) is 21.3. The van der Waals surface area contributed by atoms with E-state index in [0.717, 1.165) is 45.7 Å². The van der Waals surface area contributed by atoms with Crippen molar-refractivity contribution in [1.82, 2.24) is 14.1 Å². The molecule has 4 aromatic carbocycles. The van der Waals surface area contributed by atoms with Crippen LogP contribution in [-0.4, -0.2) is 14.1 Å². The number of aromatic nitrogens is 4. The summed E-state index contributed by atoms with van der Waals surface area (Å²) in [5.41, 5.74) is 5.42. The average Bonchev–Trinajstić information content (AvgIpc) is 3.57. The highest BCUT2D eigenvalue weighted by atomic mass is 16.5. The van der Waals surface area contributed by atoms with Crippen LogP contribution in [0, 0.1) is 0 Å². The van der Waals surface area contributed by atoms with Crippen molar-refractivity contribution in [2.24, 2.45) is 7.05 Å². The van der Waals surface area contributed by atoms with E-state index >= 15 is 0 Å². The fourth-order valence-corrected chi connectivity index (χ4v) is 5.57. The van der Waals surface area contributed by atoms with Crippen LogP contribution in [0.3, 0.4) is 0 Å². The molecule has 0 amide bonds. The molecule has 0 N–H and O–H groups in total. The van der Waals surface area contributed by atoms with E-state index in [1.807, 2.05) is 65.2 Å². The van der Waals surface area contributed by atoms with Gasteiger partial charge in [0.2, 0.25) is 12.1 Å². The first kappa shape index (κ1) is 21.7. The minimum absolute atomic E-state index is 0.720. The van der Waals surface area contributed by atoms with E-state index in [1.165, 1.54) is 16.3 Å². The first-order valence-corrected chi connectivity index (χ1v) is 12.9. The Bertz CT molecular complexity index is 2020. The average molecular weight is 507 g/mol. The number of ether oxygens (including phenoxy) is 1. The van der Waals surface area contributed by atoms with E-state index < -0.39 is 0 Å². The maximum absolute atomic E-state index is 6.33. The smallest absolute Gasteiger partial charge is 0.250 e. The Morgan fingerprint density at radius 2 is 1.49 bits per heavy atom. The SMILES string of the molecule is C[n+]1ccn(-c2ccc3c(n2)N(c2ccc4c5ccccc5n(-c5ccccc5)c4c2)c2ccccc2O3)c1. The van der Waals surface area contributed by atoms with Gasteiger partial charge in [-0.25, -0.2) is 4.57 Å². The Labute approximate surface area is 225 Å². The number of imidazole rings is 1. The predicted octanol–water partition coefficient (Wildman–Crippen LogP) is 7.37. The van der Waals surface area contributed by atoms with Gasteiger partial charge in [0.05, 0.1) is 29.5 Å². The van der Waals surface area contributed by atoms with Gasteiger partial charge in [-0.2, -0.15) is 9.55 Å². The monoisotopic (exact) mass is 506 g/mol. The molecule has 0 fully saturated rings. The van der Waals surface area contributed by atoms with Crippen LogP contribution in [-0.2, 0) is 7.05 Å². The maximum atomic E-state index is 6.33. The molecule has 8 rings (SSSR count). The molecule has 4 heterocycles. The van der Waals surface area contributed by atoms with Crippen LogP contribution in [0.1, 0.15) is 0 Å². The minimum atomic E-state index is 0.720. The second-order valence-electron chi connectivity index (χ2n) is 9.77. The topological polar surface area (TPSA) is 39.1 Å². The minimum Gasteiger partial charge on any atom is -0.451 e. The van der Waals surface area contributed by atoms with E-state index in [2.05, 4.69) is 88.3 Å². The quantitative estimate of drug-likeness (QED) is 0.235. The number of hydrogen-bond acceptors (Lipinski definition) is 3. The van der Waals surface area contributed by atoms with Gasteiger partial charge in [0.25, 0.3) is 0 Å². The molecule has 1 aliphatic rings. The lowest BCUT2D eigenvalue weighted by atomic mass is 10.1. The number of anilines is 3. The fraction of sp³-hybridized carbons (Fsp3) is 0.0303. The molecule has 0 atom stereocenters. The maximum Gasteiger partial charge on any atom is 0.250 e. The van der Waals surface area contributed by atoms with Gasteiger partial charge in [-0.15, -0.1) is 0 Å². The summed E-state index contributed by atoms with van der Waals surface area (Å²) in [6.07, 6.45) is 6.00. The lowest BCUT2D eigenvalue weighted by Gasteiger charge is -2.31. The molecule has 39 heavy (non-hydrogen) atoms. The summed E-state index contributed by atoms with van der Waals surface area (Å²) in [4.78, 5) is 7.30. The Kier molecular flexibility index (Phi) is 4.63. The van der Waals surface area contributed by atoms with Gasteiger partial charge in [-0.3, -0.25) is 4.90 Å². The molecule has 7 aromatic rings. The number of rotatable bonds is 3. The number of pyridine rings is 1. The summed E-state index contributed by atoms with van der Waals surface area (Å²) < 4.78 is 12.7. The van der Waals surface area contributed by atoms with Crippen LogP contribution in [0.5, 0.6) is 11.5 Å². The first-order chi connectivity index (χ1) is 19.2. The summed E-state index contributed by atoms with van der Waals surface area (Å²) >= 11 is 0. The zero-order chi connectivity index (χ0) is 25.9. The van der Waals surface area contributed by atoms with Gasteiger partial charge >= 0.3 is 0 Å². The summed E-state index contributed by atoms with van der Waals surface area (Å²) in [6, 6.07) is 37.9. The van der Waals surface area contributed by atoms with Crippen LogP contribution in [0.15, 0.2) is 128 Å². The van der Waals surface area contributed by atoms with Crippen molar-refractivity contribution in [3.05, 3.63) is 128 Å². The standard InChI is InChI=1S/C33H24N5O/c1-35-19-20-36(22-35)32-18-17-31-33(34-32)38(28-13-7-8-14-30(28)39-31)24-15-16-26-25-11-5-6-12-27(25)37(29(26)21-24)23-9-3-2-4-10-23/h2-22H,1H3/q+1. The largest absolute Gasteiger partial charge is 0.451 e. The van der Waals surface area contributed by atoms with Crippen molar-refractivity contribution < 1.29 is 9.30 Å². The lowest BCUT2D eigenvalue weighted by Crippen LogP contribution is -2.23. The molecule has 0 saturated carbocycles. The van der Waals surface area contributed by atoms with Crippen LogP contribution < -0.4 is 14.2 Å². The molecule has 6 nitrogen and oxygen atoms in total. The summed E-state index contributed by atoms with van der Waals surface area (Å²) in [6.45, 7) is 0.